The Morgan fingerprint density at radius 2 is 1.84 bits per heavy atom. The molecule has 0 atom stereocenters. The summed E-state index contributed by atoms with van der Waals surface area (Å²) in [6.45, 7) is 7.28. The maximum atomic E-state index is 13.1. The normalized spacial score (nSPS) is 15.6. The third-order valence-corrected chi connectivity index (χ3v) is 10.2. The van der Waals surface area contributed by atoms with Crippen molar-refractivity contribution in [1.29, 1.82) is 0 Å². The Bertz CT molecular complexity index is 1540. The Hall–Kier alpha value is -3.14. The number of carbonyl (C=O) groups is 2. The minimum Gasteiger partial charge on any atom is -0.497 e. The first-order valence-electron chi connectivity index (χ1n) is 12.0. The molecule has 0 saturated heterocycles. The lowest BCUT2D eigenvalue weighted by molar-refractivity contribution is 0.102. The summed E-state index contributed by atoms with van der Waals surface area (Å²) in [6, 6.07) is 12.3. The molecule has 2 N–H and O–H groups in total. The lowest BCUT2D eigenvalue weighted by Gasteiger charge is -2.35. The molecule has 1 amide bonds. The van der Waals surface area contributed by atoms with Crippen LogP contribution in [0.1, 0.15) is 58.9 Å². The van der Waals surface area contributed by atoms with Crippen molar-refractivity contribution in [3.8, 4) is 5.75 Å². The maximum absolute atomic E-state index is 13.1. The fourth-order valence-corrected chi connectivity index (χ4v) is 7.18. The van der Waals surface area contributed by atoms with Gasteiger partial charge in [0.25, 0.3) is 5.91 Å². The third-order valence-electron chi connectivity index (χ3n) is 6.25. The summed E-state index contributed by atoms with van der Waals surface area (Å²) in [5.74, 6) is -0.00394. The zero-order chi connectivity index (χ0) is 27.8. The molecule has 10 heteroatoms. The Morgan fingerprint density at radius 3 is 2.47 bits per heavy atom. The highest BCUT2D eigenvalue weighted by molar-refractivity contribution is 7.92. The summed E-state index contributed by atoms with van der Waals surface area (Å²) in [6.07, 6.45) is 2.39. The molecule has 4 rings (SSSR count). The Labute approximate surface area is 231 Å². The van der Waals surface area contributed by atoms with Crippen molar-refractivity contribution >= 4 is 55.8 Å². The van der Waals surface area contributed by atoms with Crippen molar-refractivity contribution in [2.75, 3.05) is 12.4 Å². The van der Waals surface area contributed by atoms with Crippen LogP contribution in [-0.2, 0) is 16.3 Å². The number of ether oxygens (including phenoxy) is 1. The van der Waals surface area contributed by atoms with E-state index in [4.69, 9.17) is 16.3 Å². The molecule has 0 fully saturated rings. The van der Waals surface area contributed by atoms with Gasteiger partial charge in [-0.05, 0) is 76.1 Å². The van der Waals surface area contributed by atoms with E-state index >= 15 is 0 Å². The molecule has 2 aromatic carbocycles. The number of fused-ring (bicyclic) bond motifs is 1. The first-order valence-corrected chi connectivity index (χ1v) is 14.8. The largest absolute Gasteiger partial charge is 0.497 e. The molecular weight excluding hydrogens is 544 g/mol. The summed E-state index contributed by atoms with van der Waals surface area (Å²) in [5.41, 5.74) is 3.45. The van der Waals surface area contributed by atoms with Crippen molar-refractivity contribution in [1.82, 2.24) is 5.32 Å². The van der Waals surface area contributed by atoms with Crippen LogP contribution >= 0.6 is 22.9 Å². The van der Waals surface area contributed by atoms with E-state index in [1.54, 1.807) is 51.3 Å². The molecule has 0 aliphatic carbocycles. The van der Waals surface area contributed by atoms with Gasteiger partial charge in [0.2, 0.25) is 0 Å². The maximum Gasteiger partial charge on any atom is 0.267 e. The number of sulfone groups is 1. The van der Waals surface area contributed by atoms with Gasteiger partial charge in [-0.3, -0.25) is 9.59 Å². The van der Waals surface area contributed by atoms with Gasteiger partial charge < -0.3 is 15.4 Å². The monoisotopic (exact) mass is 572 g/mol. The second kappa shape index (κ2) is 10.6. The second-order valence-corrected chi connectivity index (χ2v) is 13.7. The molecule has 3 aromatic rings. The number of methoxy groups -OCH3 is 1. The minimum absolute atomic E-state index is 0.0445. The fraction of sp³-hybridized carbons (Fsp3) is 0.286. The smallest absolute Gasteiger partial charge is 0.267 e. The first-order chi connectivity index (χ1) is 17.8. The lowest BCUT2D eigenvalue weighted by Crippen LogP contribution is -2.43. The van der Waals surface area contributed by atoms with Crippen LogP contribution in [0.25, 0.3) is 5.70 Å². The molecule has 1 aromatic heterocycles. The van der Waals surface area contributed by atoms with Gasteiger partial charge in [-0.25, -0.2) is 8.42 Å². The van der Waals surface area contributed by atoms with E-state index in [1.165, 1.54) is 5.38 Å². The molecule has 200 valence electrons. The van der Waals surface area contributed by atoms with E-state index < -0.39 is 21.0 Å². The van der Waals surface area contributed by atoms with Crippen molar-refractivity contribution in [2.24, 2.45) is 0 Å². The standard InChI is InChI=1S/C28H29ClN2O5S2/c1-16(2)38(34,35)24-15-37-26(25(24)29)27(33)30-19-9-6-17(7-10-19)23(32)13-22-21-12-20(36-5)11-8-18(21)14-28(3,4)31-22/h6-13,15-16,31H,14H2,1-5H3,(H,30,33). The van der Waals surface area contributed by atoms with E-state index in [1.807, 2.05) is 18.2 Å². The van der Waals surface area contributed by atoms with Crippen LogP contribution in [0, 0.1) is 0 Å². The van der Waals surface area contributed by atoms with Crippen molar-refractivity contribution in [3.63, 3.8) is 0 Å². The van der Waals surface area contributed by atoms with Gasteiger partial charge in [0, 0.05) is 39.5 Å². The van der Waals surface area contributed by atoms with Gasteiger partial charge in [-0.1, -0.05) is 17.7 Å². The number of halogens is 1. The summed E-state index contributed by atoms with van der Waals surface area (Å²) in [7, 11) is -2.00. The highest BCUT2D eigenvalue weighted by Gasteiger charge is 2.29. The van der Waals surface area contributed by atoms with E-state index in [9.17, 15) is 18.0 Å². The minimum atomic E-state index is -3.61. The highest BCUT2D eigenvalue weighted by Crippen LogP contribution is 2.35. The molecule has 38 heavy (non-hydrogen) atoms. The predicted molar refractivity (Wildman–Crippen MR) is 152 cm³/mol. The number of nitrogens with one attached hydrogen (secondary N) is 2. The van der Waals surface area contributed by atoms with Crippen LogP contribution in [0.2, 0.25) is 5.02 Å². The number of anilines is 1. The van der Waals surface area contributed by atoms with Crippen LogP contribution in [0.5, 0.6) is 5.75 Å². The molecule has 0 saturated carbocycles. The van der Waals surface area contributed by atoms with Gasteiger partial charge >= 0.3 is 0 Å². The number of carbonyl (C=O) groups excluding carboxylic acids is 2. The van der Waals surface area contributed by atoms with Gasteiger partial charge in [0.05, 0.1) is 22.3 Å². The number of hydrogen-bond acceptors (Lipinski definition) is 7. The second-order valence-electron chi connectivity index (χ2n) is 10.00. The summed E-state index contributed by atoms with van der Waals surface area (Å²) in [4.78, 5) is 26.0. The quantitative estimate of drug-likeness (QED) is 0.266. The van der Waals surface area contributed by atoms with Crippen LogP contribution in [0.15, 0.2) is 58.8 Å². The van der Waals surface area contributed by atoms with Gasteiger partial charge in [-0.15, -0.1) is 11.3 Å². The lowest BCUT2D eigenvalue weighted by atomic mass is 9.85. The van der Waals surface area contributed by atoms with Crippen LogP contribution in [0.4, 0.5) is 5.69 Å². The van der Waals surface area contributed by atoms with Gasteiger partial charge in [0.15, 0.2) is 15.6 Å². The van der Waals surface area contributed by atoms with Crippen molar-refractivity contribution in [3.05, 3.63) is 80.5 Å². The SMILES string of the molecule is COc1ccc2c(c1)C(=CC(=O)c1ccc(NC(=O)c3scc(S(=O)(=O)C(C)C)c3Cl)cc1)NC(C)(C)C2. The molecule has 0 bridgehead atoms. The average Bonchev–Trinajstić information content (AvgIpc) is 3.25. The topological polar surface area (TPSA) is 102 Å². The molecule has 0 unspecified atom stereocenters. The highest BCUT2D eigenvalue weighted by atomic mass is 35.5. The van der Waals surface area contributed by atoms with Crippen molar-refractivity contribution < 1.29 is 22.7 Å². The molecule has 1 aliphatic rings. The number of ketones is 1. The van der Waals surface area contributed by atoms with E-state index in [2.05, 4.69) is 24.5 Å². The van der Waals surface area contributed by atoms with Gasteiger partial charge in [-0.2, -0.15) is 0 Å². The van der Waals surface area contributed by atoms with E-state index in [0.717, 1.165) is 34.6 Å². The molecule has 0 radical (unpaired) electrons. The van der Waals surface area contributed by atoms with Crippen molar-refractivity contribution in [2.45, 2.75) is 49.8 Å². The third kappa shape index (κ3) is 5.65. The van der Waals surface area contributed by atoms with Gasteiger partial charge in [0.1, 0.15) is 10.6 Å². The van der Waals surface area contributed by atoms with Crippen LogP contribution in [0.3, 0.4) is 0 Å². The first kappa shape index (κ1) is 27.9. The molecule has 0 spiro atoms. The Kier molecular flexibility index (Phi) is 7.74. The molecular formula is C28H29ClN2O5S2. The molecule has 7 nitrogen and oxygen atoms in total. The predicted octanol–water partition coefficient (Wildman–Crippen LogP) is 5.99. The number of thiophene rings is 1. The summed E-state index contributed by atoms with van der Waals surface area (Å²) >= 11 is 7.23. The Balaban J connectivity index is 1.53. The van der Waals surface area contributed by atoms with Crippen LogP contribution < -0.4 is 15.4 Å². The van der Waals surface area contributed by atoms with E-state index in [0.29, 0.717) is 17.0 Å². The van der Waals surface area contributed by atoms with Crippen LogP contribution in [-0.4, -0.2) is 38.0 Å². The number of benzene rings is 2. The zero-order valence-electron chi connectivity index (χ0n) is 21.7. The fourth-order valence-electron chi connectivity index (χ4n) is 4.20. The Morgan fingerprint density at radius 1 is 1.16 bits per heavy atom. The molecule has 2 heterocycles. The number of rotatable bonds is 7. The number of amides is 1. The average molecular weight is 573 g/mol. The number of allylic oxidation sites excluding steroid dienone is 1. The number of hydrogen-bond donors (Lipinski definition) is 2. The molecule has 1 aliphatic heterocycles. The summed E-state index contributed by atoms with van der Waals surface area (Å²) in [5, 5.41) is 6.82. The zero-order valence-corrected chi connectivity index (χ0v) is 24.1. The summed E-state index contributed by atoms with van der Waals surface area (Å²) < 4.78 is 30.3. The van der Waals surface area contributed by atoms with E-state index in [-0.39, 0.29) is 26.1 Å².